The first-order valence-electron chi connectivity index (χ1n) is 8.09. The van der Waals surface area contributed by atoms with Crippen LogP contribution in [0.2, 0.25) is 5.02 Å². The summed E-state index contributed by atoms with van der Waals surface area (Å²) in [5, 5.41) is 7.23. The Bertz CT molecular complexity index is 772. The molecule has 27 heavy (non-hydrogen) atoms. The summed E-state index contributed by atoms with van der Waals surface area (Å²) in [5.41, 5.74) is 2.00. The third-order valence-electron chi connectivity index (χ3n) is 3.80. The highest BCUT2D eigenvalue weighted by Crippen LogP contribution is 2.39. The second kappa shape index (κ2) is 11.8. The Balaban J connectivity index is 0.00000364. The summed E-state index contributed by atoms with van der Waals surface area (Å²) in [4.78, 5) is 4.24. The van der Waals surface area contributed by atoms with Crippen LogP contribution >= 0.6 is 35.6 Å². The lowest BCUT2D eigenvalue weighted by molar-refractivity contribution is 0.322. The molecule has 6 nitrogen and oxygen atoms in total. The van der Waals surface area contributed by atoms with E-state index in [0.29, 0.717) is 41.3 Å². The van der Waals surface area contributed by atoms with Crippen molar-refractivity contribution in [1.82, 2.24) is 10.6 Å². The van der Waals surface area contributed by atoms with Crippen molar-refractivity contribution in [1.29, 1.82) is 0 Å². The molecule has 2 rings (SSSR count). The second-order valence-corrected chi connectivity index (χ2v) is 5.84. The van der Waals surface area contributed by atoms with E-state index in [1.165, 1.54) is 0 Å². The average molecular weight is 506 g/mol. The van der Waals surface area contributed by atoms with Crippen LogP contribution in [0.3, 0.4) is 0 Å². The lowest BCUT2D eigenvalue weighted by Gasteiger charge is -2.17. The van der Waals surface area contributed by atoms with Gasteiger partial charge in [0, 0.05) is 30.7 Å². The molecule has 0 saturated carbocycles. The molecular formula is C19H25ClIN3O3. The van der Waals surface area contributed by atoms with Gasteiger partial charge in [-0.2, -0.15) is 0 Å². The molecule has 0 unspecified atom stereocenters. The lowest BCUT2D eigenvalue weighted by Crippen LogP contribution is -2.36. The summed E-state index contributed by atoms with van der Waals surface area (Å²) >= 11 is 6.01. The number of nitrogens with one attached hydrogen (secondary N) is 2. The fourth-order valence-electron chi connectivity index (χ4n) is 2.53. The van der Waals surface area contributed by atoms with Crippen LogP contribution in [0.5, 0.6) is 17.2 Å². The summed E-state index contributed by atoms with van der Waals surface area (Å²) in [6.07, 6.45) is 0. The SMILES string of the molecule is CN=C(NCc1cccc(Cl)c1)NCc1ccc(OC)c(OC)c1OC.I. The minimum atomic E-state index is 0. The van der Waals surface area contributed by atoms with E-state index in [-0.39, 0.29) is 24.0 Å². The largest absolute Gasteiger partial charge is 0.493 e. The Morgan fingerprint density at radius 1 is 0.963 bits per heavy atom. The number of hydrogen-bond donors (Lipinski definition) is 2. The molecule has 0 atom stereocenters. The molecular weight excluding hydrogens is 481 g/mol. The molecule has 0 aromatic heterocycles. The molecule has 2 N–H and O–H groups in total. The highest BCUT2D eigenvalue weighted by Gasteiger charge is 2.15. The molecule has 0 heterocycles. The third kappa shape index (κ3) is 6.35. The quantitative estimate of drug-likeness (QED) is 0.340. The van der Waals surface area contributed by atoms with Crippen LogP contribution in [0, 0.1) is 0 Å². The van der Waals surface area contributed by atoms with Crippen LogP contribution in [0.1, 0.15) is 11.1 Å². The molecule has 0 radical (unpaired) electrons. The van der Waals surface area contributed by atoms with Gasteiger partial charge in [-0.05, 0) is 29.8 Å². The van der Waals surface area contributed by atoms with Gasteiger partial charge in [0.2, 0.25) is 5.75 Å². The molecule has 0 spiro atoms. The number of rotatable bonds is 7. The number of guanidine groups is 1. The second-order valence-electron chi connectivity index (χ2n) is 5.40. The van der Waals surface area contributed by atoms with Crippen LogP contribution in [0.4, 0.5) is 0 Å². The van der Waals surface area contributed by atoms with Gasteiger partial charge in [-0.1, -0.05) is 23.7 Å². The molecule has 0 saturated heterocycles. The maximum absolute atomic E-state index is 6.01. The van der Waals surface area contributed by atoms with Gasteiger partial charge >= 0.3 is 0 Å². The first-order valence-corrected chi connectivity index (χ1v) is 8.47. The zero-order valence-electron chi connectivity index (χ0n) is 15.8. The third-order valence-corrected chi connectivity index (χ3v) is 4.04. The smallest absolute Gasteiger partial charge is 0.203 e. The Labute approximate surface area is 182 Å². The highest BCUT2D eigenvalue weighted by atomic mass is 127. The van der Waals surface area contributed by atoms with Gasteiger partial charge in [-0.3, -0.25) is 4.99 Å². The first-order chi connectivity index (χ1) is 12.6. The van der Waals surface area contributed by atoms with Crippen molar-refractivity contribution in [2.75, 3.05) is 28.4 Å². The Morgan fingerprint density at radius 3 is 2.26 bits per heavy atom. The maximum Gasteiger partial charge on any atom is 0.203 e. The van der Waals surface area contributed by atoms with Crippen molar-refractivity contribution in [3.63, 3.8) is 0 Å². The number of benzene rings is 2. The fourth-order valence-corrected chi connectivity index (χ4v) is 2.75. The fraction of sp³-hybridized carbons (Fsp3) is 0.316. The zero-order valence-corrected chi connectivity index (χ0v) is 18.9. The topological polar surface area (TPSA) is 64.1 Å². The van der Waals surface area contributed by atoms with Gasteiger partial charge in [0.1, 0.15) is 0 Å². The van der Waals surface area contributed by atoms with Crippen molar-refractivity contribution in [2.45, 2.75) is 13.1 Å². The van der Waals surface area contributed by atoms with E-state index in [1.54, 1.807) is 28.4 Å². The number of ether oxygens (including phenoxy) is 3. The first kappa shape index (κ1) is 23.2. The minimum Gasteiger partial charge on any atom is -0.493 e. The number of aliphatic imine (C=N–C) groups is 1. The Hall–Kier alpha value is -1.87. The van der Waals surface area contributed by atoms with Gasteiger partial charge in [0.05, 0.1) is 21.3 Å². The van der Waals surface area contributed by atoms with Gasteiger partial charge < -0.3 is 24.8 Å². The number of nitrogens with zero attached hydrogens (tertiary/aromatic N) is 1. The maximum atomic E-state index is 6.01. The van der Waals surface area contributed by atoms with E-state index in [1.807, 2.05) is 36.4 Å². The number of methoxy groups -OCH3 is 3. The Morgan fingerprint density at radius 2 is 1.67 bits per heavy atom. The van der Waals surface area contributed by atoms with Gasteiger partial charge in [-0.25, -0.2) is 0 Å². The van der Waals surface area contributed by atoms with E-state index in [4.69, 9.17) is 25.8 Å². The molecule has 2 aromatic rings. The standard InChI is InChI=1S/C19H24ClN3O3.HI/c1-21-19(22-11-13-6-5-7-15(20)10-13)23-12-14-8-9-16(24-2)18(26-4)17(14)25-3;/h5-10H,11-12H2,1-4H3,(H2,21,22,23);1H. The van der Waals surface area contributed by atoms with E-state index in [2.05, 4.69) is 15.6 Å². The predicted molar refractivity (Wildman–Crippen MR) is 120 cm³/mol. The van der Waals surface area contributed by atoms with E-state index in [0.717, 1.165) is 11.1 Å². The lowest BCUT2D eigenvalue weighted by atomic mass is 10.1. The number of hydrogen-bond acceptors (Lipinski definition) is 4. The van der Waals surface area contributed by atoms with E-state index < -0.39 is 0 Å². The molecule has 0 aliphatic heterocycles. The molecule has 148 valence electrons. The summed E-state index contributed by atoms with van der Waals surface area (Å²) in [6.45, 7) is 1.13. The van der Waals surface area contributed by atoms with Gasteiger partial charge in [0.25, 0.3) is 0 Å². The van der Waals surface area contributed by atoms with Crippen molar-refractivity contribution >= 4 is 41.5 Å². The van der Waals surface area contributed by atoms with Crippen LogP contribution in [0.25, 0.3) is 0 Å². The van der Waals surface area contributed by atoms with Crippen molar-refractivity contribution in [2.24, 2.45) is 4.99 Å². The molecule has 2 aromatic carbocycles. The van der Waals surface area contributed by atoms with Crippen LogP contribution in [-0.2, 0) is 13.1 Å². The highest BCUT2D eigenvalue weighted by molar-refractivity contribution is 14.0. The van der Waals surface area contributed by atoms with Crippen molar-refractivity contribution in [3.05, 3.63) is 52.5 Å². The minimum absolute atomic E-state index is 0. The number of halogens is 2. The molecule has 8 heteroatoms. The normalized spacial score (nSPS) is 10.6. The average Bonchev–Trinajstić information content (AvgIpc) is 2.67. The van der Waals surface area contributed by atoms with Crippen LogP contribution < -0.4 is 24.8 Å². The molecule has 0 aliphatic rings. The monoisotopic (exact) mass is 505 g/mol. The van der Waals surface area contributed by atoms with E-state index in [9.17, 15) is 0 Å². The van der Waals surface area contributed by atoms with Crippen LogP contribution in [-0.4, -0.2) is 34.3 Å². The predicted octanol–water partition coefficient (Wildman–Crippen LogP) is 3.85. The summed E-state index contributed by atoms with van der Waals surface area (Å²) in [7, 11) is 6.51. The van der Waals surface area contributed by atoms with Gasteiger partial charge in [0.15, 0.2) is 17.5 Å². The Kier molecular flexibility index (Phi) is 10.1. The summed E-state index contributed by atoms with van der Waals surface area (Å²) in [5.74, 6) is 2.49. The molecule has 0 amide bonds. The summed E-state index contributed by atoms with van der Waals surface area (Å²) < 4.78 is 16.2. The van der Waals surface area contributed by atoms with Crippen molar-refractivity contribution in [3.8, 4) is 17.2 Å². The summed E-state index contributed by atoms with van der Waals surface area (Å²) in [6, 6.07) is 11.5. The van der Waals surface area contributed by atoms with Gasteiger partial charge in [-0.15, -0.1) is 24.0 Å². The van der Waals surface area contributed by atoms with E-state index >= 15 is 0 Å². The molecule has 0 fully saturated rings. The molecule has 0 bridgehead atoms. The van der Waals surface area contributed by atoms with Crippen molar-refractivity contribution < 1.29 is 14.2 Å². The molecule has 0 aliphatic carbocycles. The van der Waals surface area contributed by atoms with Crippen LogP contribution in [0.15, 0.2) is 41.4 Å². The zero-order chi connectivity index (χ0) is 18.9.